The van der Waals surface area contributed by atoms with Crippen LogP contribution in [0.15, 0.2) is 5.16 Å². The number of aliphatic hydroxyl groups excluding tert-OH is 1. The summed E-state index contributed by atoms with van der Waals surface area (Å²) >= 11 is 0. The van der Waals surface area contributed by atoms with Gasteiger partial charge in [0.1, 0.15) is 6.10 Å². The smallest absolute Gasteiger partial charge is 0.359 e. The minimum absolute atomic E-state index is 0.0158. The lowest BCUT2D eigenvalue weighted by Gasteiger charge is -2.12. The zero-order chi connectivity index (χ0) is 11.3. The minimum atomic E-state index is -0.949. The maximum Gasteiger partial charge on any atom is 0.359 e. The first-order chi connectivity index (χ1) is 7.20. The molecule has 5 nitrogen and oxygen atoms in total. The molecule has 1 heterocycles. The van der Waals surface area contributed by atoms with E-state index in [1.807, 2.05) is 0 Å². The number of esters is 1. The van der Waals surface area contributed by atoms with Gasteiger partial charge in [0.05, 0.1) is 6.61 Å². The van der Waals surface area contributed by atoms with E-state index >= 15 is 0 Å². The maximum absolute atomic E-state index is 11.3. The average Bonchev–Trinajstić information content (AvgIpc) is 2.57. The Labute approximate surface area is 89.1 Å². The zero-order valence-corrected chi connectivity index (χ0v) is 9.10. The predicted molar refractivity (Wildman–Crippen MR) is 54.5 cm³/mol. The summed E-state index contributed by atoms with van der Waals surface area (Å²) in [6.45, 7) is 4.02. The molecule has 0 aromatic carbocycles. The van der Waals surface area contributed by atoms with E-state index in [1.165, 1.54) is 0 Å². The number of oxime groups is 1. The number of hydrogen-bond acceptors (Lipinski definition) is 5. The molecule has 5 heteroatoms. The van der Waals surface area contributed by atoms with E-state index in [4.69, 9.17) is 9.57 Å². The number of nitrogens with zero attached hydrogens (tertiary/aromatic N) is 1. The monoisotopic (exact) mass is 215 g/mol. The van der Waals surface area contributed by atoms with Crippen LogP contribution in [0.25, 0.3) is 0 Å². The van der Waals surface area contributed by atoms with Crippen molar-refractivity contribution < 1.29 is 19.5 Å². The molecular weight excluding hydrogens is 198 g/mol. The van der Waals surface area contributed by atoms with Gasteiger partial charge < -0.3 is 14.7 Å². The topological polar surface area (TPSA) is 68.1 Å². The summed E-state index contributed by atoms with van der Waals surface area (Å²) in [5.41, 5.74) is -0.0158. The van der Waals surface area contributed by atoms with E-state index in [9.17, 15) is 9.90 Å². The Bertz CT molecular complexity index is 252. The van der Waals surface area contributed by atoms with Crippen molar-refractivity contribution in [1.29, 1.82) is 0 Å². The molecule has 1 N–H and O–H groups in total. The molecule has 1 aliphatic heterocycles. The average molecular weight is 215 g/mol. The molecule has 0 saturated carbocycles. The van der Waals surface area contributed by atoms with Gasteiger partial charge >= 0.3 is 5.97 Å². The van der Waals surface area contributed by atoms with E-state index in [-0.39, 0.29) is 12.3 Å². The van der Waals surface area contributed by atoms with Crippen molar-refractivity contribution in [2.24, 2.45) is 5.16 Å². The molecule has 0 radical (unpaired) electrons. The van der Waals surface area contributed by atoms with Crippen LogP contribution in [0.3, 0.4) is 0 Å². The van der Waals surface area contributed by atoms with Gasteiger partial charge in [-0.2, -0.15) is 0 Å². The van der Waals surface area contributed by atoms with E-state index in [0.29, 0.717) is 6.42 Å². The fourth-order valence-electron chi connectivity index (χ4n) is 1.39. The third kappa shape index (κ3) is 2.92. The van der Waals surface area contributed by atoms with Crippen molar-refractivity contribution in [2.45, 2.75) is 45.3 Å². The van der Waals surface area contributed by atoms with Gasteiger partial charge in [0.15, 0.2) is 11.8 Å². The van der Waals surface area contributed by atoms with Crippen molar-refractivity contribution >= 4 is 11.7 Å². The van der Waals surface area contributed by atoms with E-state index in [0.717, 1.165) is 12.8 Å². The predicted octanol–water partition coefficient (Wildman–Crippen LogP) is 0.855. The second kappa shape index (κ2) is 5.70. The van der Waals surface area contributed by atoms with Gasteiger partial charge in [0.2, 0.25) is 0 Å². The first-order valence-electron chi connectivity index (χ1n) is 5.29. The van der Waals surface area contributed by atoms with Crippen LogP contribution in [0.4, 0.5) is 0 Å². The van der Waals surface area contributed by atoms with Crippen molar-refractivity contribution in [3.8, 4) is 0 Å². The summed E-state index contributed by atoms with van der Waals surface area (Å²) in [5.74, 6) is -0.594. The lowest BCUT2D eigenvalue weighted by Crippen LogP contribution is -2.34. The third-order valence-corrected chi connectivity index (χ3v) is 2.25. The molecule has 2 atom stereocenters. The quantitative estimate of drug-likeness (QED) is 0.690. The van der Waals surface area contributed by atoms with Crippen LogP contribution in [-0.4, -0.2) is 35.6 Å². The van der Waals surface area contributed by atoms with Crippen molar-refractivity contribution in [1.82, 2.24) is 0 Å². The van der Waals surface area contributed by atoms with Gasteiger partial charge in [-0.15, -0.1) is 0 Å². The number of ether oxygens (including phenoxy) is 1. The van der Waals surface area contributed by atoms with Crippen LogP contribution in [0.2, 0.25) is 0 Å². The lowest BCUT2D eigenvalue weighted by atomic mass is 10.0. The van der Waals surface area contributed by atoms with Gasteiger partial charge in [-0.05, 0) is 19.8 Å². The number of hydrogen-bond donors (Lipinski definition) is 1. The maximum atomic E-state index is 11.3. The molecule has 0 aromatic rings. The first kappa shape index (κ1) is 12.0. The van der Waals surface area contributed by atoms with Crippen molar-refractivity contribution in [2.75, 3.05) is 6.61 Å². The second-order valence-electron chi connectivity index (χ2n) is 3.43. The van der Waals surface area contributed by atoms with Gasteiger partial charge in [0, 0.05) is 0 Å². The van der Waals surface area contributed by atoms with Gasteiger partial charge in [-0.25, -0.2) is 4.79 Å². The molecular formula is C10H17NO4. The Morgan fingerprint density at radius 3 is 2.93 bits per heavy atom. The Morgan fingerprint density at radius 2 is 2.33 bits per heavy atom. The zero-order valence-electron chi connectivity index (χ0n) is 9.10. The highest BCUT2D eigenvalue weighted by molar-refractivity contribution is 6.38. The molecule has 0 aliphatic carbocycles. The second-order valence-corrected chi connectivity index (χ2v) is 3.43. The molecule has 0 amide bonds. The molecule has 0 fully saturated rings. The van der Waals surface area contributed by atoms with Crippen molar-refractivity contribution in [3.63, 3.8) is 0 Å². The molecule has 0 unspecified atom stereocenters. The fourth-order valence-corrected chi connectivity index (χ4v) is 1.39. The van der Waals surface area contributed by atoms with Crippen LogP contribution in [-0.2, 0) is 14.4 Å². The third-order valence-electron chi connectivity index (χ3n) is 2.25. The van der Waals surface area contributed by atoms with Gasteiger partial charge in [-0.3, -0.25) is 0 Å². The van der Waals surface area contributed by atoms with Crippen LogP contribution < -0.4 is 0 Å². The number of unbranched alkanes of at least 4 members (excludes halogenated alkanes) is 1. The molecule has 1 rings (SSSR count). The molecule has 86 valence electrons. The summed E-state index contributed by atoms with van der Waals surface area (Å²) in [6.07, 6.45) is 1.30. The summed E-state index contributed by atoms with van der Waals surface area (Å²) in [6, 6.07) is 0. The SMILES string of the molecule is CCCC[C@@H]1ON=C(C(=O)OCC)[C@@H]1O. The van der Waals surface area contributed by atoms with Crippen molar-refractivity contribution in [3.05, 3.63) is 0 Å². The fraction of sp³-hybridized carbons (Fsp3) is 0.800. The Kier molecular flexibility index (Phi) is 4.55. The lowest BCUT2D eigenvalue weighted by molar-refractivity contribution is -0.135. The summed E-state index contributed by atoms with van der Waals surface area (Å²) < 4.78 is 4.74. The van der Waals surface area contributed by atoms with Crippen LogP contribution >= 0.6 is 0 Å². The highest BCUT2D eigenvalue weighted by Gasteiger charge is 2.36. The Hall–Kier alpha value is -1.10. The Morgan fingerprint density at radius 1 is 1.60 bits per heavy atom. The summed E-state index contributed by atoms with van der Waals surface area (Å²) in [7, 11) is 0. The number of carbonyl (C=O) groups excluding carboxylic acids is 1. The normalized spacial score (nSPS) is 24.6. The van der Waals surface area contributed by atoms with Gasteiger partial charge in [-0.1, -0.05) is 18.5 Å². The minimum Gasteiger partial charge on any atom is -0.461 e. The Balaban J connectivity index is 2.46. The molecule has 0 aromatic heterocycles. The largest absolute Gasteiger partial charge is 0.461 e. The number of aliphatic hydroxyl groups is 1. The van der Waals surface area contributed by atoms with Crippen LogP contribution in [0, 0.1) is 0 Å². The highest BCUT2D eigenvalue weighted by Crippen LogP contribution is 2.17. The molecule has 1 aliphatic rings. The van der Waals surface area contributed by atoms with Gasteiger partial charge in [0.25, 0.3) is 0 Å². The molecule has 0 bridgehead atoms. The molecule has 0 spiro atoms. The number of rotatable bonds is 5. The summed E-state index contributed by atoms with van der Waals surface area (Å²) in [4.78, 5) is 16.3. The number of carbonyl (C=O) groups is 1. The van der Waals surface area contributed by atoms with E-state index in [2.05, 4.69) is 12.1 Å². The van der Waals surface area contributed by atoms with Crippen LogP contribution in [0.1, 0.15) is 33.1 Å². The highest BCUT2D eigenvalue weighted by atomic mass is 16.7. The first-order valence-corrected chi connectivity index (χ1v) is 5.29. The standard InChI is InChI=1S/C10H17NO4/c1-3-5-6-7-9(12)8(11-15-7)10(13)14-4-2/h7,9,12H,3-6H2,1-2H3/t7-,9+/m0/s1. The van der Waals surface area contributed by atoms with E-state index < -0.39 is 18.2 Å². The molecule has 15 heavy (non-hydrogen) atoms. The summed E-state index contributed by atoms with van der Waals surface area (Å²) in [5, 5.41) is 13.3. The molecule has 0 saturated heterocycles. The van der Waals surface area contributed by atoms with E-state index in [1.54, 1.807) is 6.92 Å². The van der Waals surface area contributed by atoms with Crippen LogP contribution in [0.5, 0.6) is 0 Å².